The molecule has 1 aromatic heterocycles. The Balaban J connectivity index is 2.29. The summed E-state index contributed by atoms with van der Waals surface area (Å²) in [6.45, 7) is 1.30. The molecule has 0 aliphatic rings. The summed E-state index contributed by atoms with van der Waals surface area (Å²) in [6.07, 6.45) is 0. The Morgan fingerprint density at radius 2 is 2.10 bits per heavy atom. The van der Waals surface area contributed by atoms with Crippen molar-refractivity contribution in [2.75, 3.05) is 5.32 Å². The second kappa shape index (κ2) is 5.96. The van der Waals surface area contributed by atoms with Crippen LogP contribution in [0.3, 0.4) is 0 Å². The van der Waals surface area contributed by atoms with Gasteiger partial charge in [-0.25, -0.2) is 13.8 Å². The van der Waals surface area contributed by atoms with Crippen molar-refractivity contribution in [1.82, 2.24) is 9.97 Å². The van der Waals surface area contributed by atoms with Crippen LogP contribution in [0, 0.1) is 28.7 Å². The van der Waals surface area contributed by atoms with E-state index in [2.05, 4.69) is 15.3 Å². The SMILES string of the molecule is Cc1nc(Cl)nc(NCc2ccc(F)cc2F)c1[N+](=O)[O-]. The quantitative estimate of drug-likeness (QED) is 0.532. The highest BCUT2D eigenvalue weighted by atomic mass is 35.5. The summed E-state index contributed by atoms with van der Waals surface area (Å²) in [7, 11) is 0. The van der Waals surface area contributed by atoms with E-state index in [9.17, 15) is 18.9 Å². The van der Waals surface area contributed by atoms with Gasteiger partial charge in [0.05, 0.1) is 4.92 Å². The van der Waals surface area contributed by atoms with Crippen molar-refractivity contribution in [3.63, 3.8) is 0 Å². The van der Waals surface area contributed by atoms with Crippen LogP contribution in [0.25, 0.3) is 0 Å². The number of aryl methyl sites for hydroxylation is 1. The summed E-state index contributed by atoms with van der Waals surface area (Å²) in [5.74, 6) is -1.59. The molecule has 9 heteroatoms. The predicted octanol–water partition coefficient (Wildman–Crippen LogP) is 3.24. The number of nitrogens with zero attached hydrogens (tertiary/aromatic N) is 3. The number of aromatic nitrogens is 2. The standard InChI is InChI=1S/C12H9ClF2N4O2/c1-6-10(19(20)21)11(18-12(13)17-6)16-5-7-2-3-8(14)4-9(7)15/h2-4H,5H2,1H3,(H,16,17,18). The summed E-state index contributed by atoms with van der Waals surface area (Å²) >= 11 is 5.65. The fraction of sp³-hybridized carbons (Fsp3) is 0.167. The first-order chi connectivity index (χ1) is 9.88. The van der Waals surface area contributed by atoms with Crippen LogP contribution >= 0.6 is 11.6 Å². The lowest BCUT2D eigenvalue weighted by molar-refractivity contribution is -0.385. The minimum Gasteiger partial charge on any atom is -0.360 e. The lowest BCUT2D eigenvalue weighted by atomic mass is 10.2. The molecule has 1 aromatic carbocycles. The van der Waals surface area contributed by atoms with Crippen molar-refractivity contribution in [2.45, 2.75) is 13.5 Å². The number of anilines is 1. The summed E-state index contributed by atoms with van der Waals surface area (Å²) in [5, 5.41) is 13.4. The Kier molecular flexibility index (Phi) is 4.27. The minimum atomic E-state index is -0.762. The van der Waals surface area contributed by atoms with Crippen LogP contribution in [0.4, 0.5) is 20.3 Å². The highest BCUT2D eigenvalue weighted by Crippen LogP contribution is 2.27. The zero-order valence-electron chi connectivity index (χ0n) is 10.7. The molecular formula is C12H9ClF2N4O2. The summed E-state index contributed by atoms with van der Waals surface area (Å²) in [4.78, 5) is 17.7. The molecule has 6 nitrogen and oxygen atoms in total. The molecule has 0 aliphatic heterocycles. The van der Waals surface area contributed by atoms with Crippen molar-refractivity contribution in [1.29, 1.82) is 0 Å². The van der Waals surface area contributed by atoms with Crippen molar-refractivity contribution >= 4 is 23.1 Å². The largest absolute Gasteiger partial charge is 0.360 e. The zero-order valence-corrected chi connectivity index (χ0v) is 11.5. The summed E-state index contributed by atoms with van der Waals surface area (Å²) in [6, 6.07) is 3.05. The van der Waals surface area contributed by atoms with E-state index < -0.39 is 16.6 Å². The highest BCUT2D eigenvalue weighted by Gasteiger charge is 2.21. The first-order valence-electron chi connectivity index (χ1n) is 5.75. The van der Waals surface area contributed by atoms with Gasteiger partial charge in [-0.1, -0.05) is 6.07 Å². The maximum atomic E-state index is 13.5. The molecule has 0 spiro atoms. The molecule has 0 saturated carbocycles. The Morgan fingerprint density at radius 1 is 1.38 bits per heavy atom. The number of nitrogens with one attached hydrogen (secondary N) is 1. The monoisotopic (exact) mass is 314 g/mol. The van der Waals surface area contributed by atoms with E-state index in [4.69, 9.17) is 11.6 Å². The first-order valence-corrected chi connectivity index (χ1v) is 6.12. The van der Waals surface area contributed by atoms with Gasteiger partial charge >= 0.3 is 5.69 Å². The molecular weight excluding hydrogens is 306 g/mol. The smallest absolute Gasteiger partial charge is 0.332 e. The van der Waals surface area contributed by atoms with Gasteiger partial charge < -0.3 is 5.32 Å². The zero-order chi connectivity index (χ0) is 15.6. The van der Waals surface area contributed by atoms with Gasteiger partial charge in [0.1, 0.15) is 17.3 Å². The van der Waals surface area contributed by atoms with Gasteiger partial charge in [0.25, 0.3) is 0 Å². The van der Waals surface area contributed by atoms with Crippen LogP contribution in [-0.2, 0) is 6.54 Å². The number of hydrogen-bond donors (Lipinski definition) is 1. The third-order valence-electron chi connectivity index (χ3n) is 2.68. The van der Waals surface area contributed by atoms with Crippen molar-refractivity contribution in [3.8, 4) is 0 Å². The highest BCUT2D eigenvalue weighted by molar-refractivity contribution is 6.28. The average molecular weight is 315 g/mol. The molecule has 0 bridgehead atoms. The molecule has 0 fully saturated rings. The average Bonchev–Trinajstić information content (AvgIpc) is 2.36. The van der Waals surface area contributed by atoms with Crippen molar-refractivity contribution in [3.05, 3.63) is 56.5 Å². The molecule has 1 heterocycles. The van der Waals surface area contributed by atoms with Crippen LogP contribution in [0.15, 0.2) is 18.2 Å². The van der Waals surface area contributed by atoms with E-state index in [1.54, 1.807) is 0 Å². The molecule has 2 aromatic rings. The number of hydrogen-bond acceptors (Lipinski definition) is 5. The Hall–Kier alpha value is -2.35. The Morgan fingerprint density at radius 3 is 2.71 bits per heavy atom. The lowest BCUT2D eigenvalue weighted by Crippen LogP contribution is -2.08. The van der Waals surface area contributed by atoms with Crippen molar-refractivity contribution < 1.29 is 13.7 Å². The number of rotatable bonds is 4. The van der Waals surface area contributed by atoms with E-state index in [0.29, 0.717) is 0 Å². The van der Waals surface area contributed by atoms with Crippen LogP contribution in [0.5, 0.6) is 0 Å². The molecule has 0 atom stereocenters. The summed E-state index contributed by atoms with van der Waals surface area (Å²) < 4.78 is 26.3. The lowest BCUT2D eigenvalue weighted by Gasteiger charge is -2.08. The van der Waals surface area contributed by atoms with E-state index >= 15 is 0 Å². The van der Waals surface area contributed by atoms with Crippen molar-refractivity contribution in [2.24, 2.45) is 0 Å². The van der Waals surface area contributed by atoms with E-state index in [1.165, 1.54) is 13.0 Å². The summed E-state index contributed by atoms with van der Waals surface area (Å²) in [5.41, 5.74) is -0.123. The minimum absolute atomic E-state index is 0.0853. The second-order valence-electron chi connectivity index (χ2n) is 4.12. The van der Waals surface area contributed by atoms with Gasteiger partial charge in [-0.15, -0.1) is 0 Å². The first kappa shape index (κ1) is 15.0. The Bertz CT molecular complexity index is 712. The molecule has 1 N–H and O–H groups in total. The predicted molar refractivity (Wildman–Crippen MR) is 72.1 cm³/mol. The molecule has 2 rings (SSSR count). The van der Waals surface area contributed by atoms with E-state index in [-0.39, 0.29) is 34.6 Å². The van der Waals surface area contributed by atoms with Crippen LogP contribution in [0.1, 0.15) is 11.3 Å². The Labute approximate surface area is 122 Å². The van der Waals surface area contributed by atoms with E-state index in [0.717, 1.165) is 12.1 Å². The maximum Gasteiger partial charge on any atom is 0.332 e. The fourth-order valence-electron chi connectivity index (χ4n) is 1.72. The molecule has 110 valence electrons. The van der Waals surface area contributed by atoms with Gasteiger partial charge in [-0.3, -0.25) is 10.1 Å². The molecule has 0 saturated heterocycles. The molecule has 0 amide bonds. The third-order valence-corrected chi connectivity index (χ3v) is 2.84. The normalized spacial score (nSPS) is 10.5. The van der Waals surface area contributed by atoms with Crippen LogP contribution < -0.4 is 5.32 Å². The fourth-order valence-corrected chi connectivity index (χ4v) is 1.93. The maximum absolute atomic E-state index is 13.5. The molecule has 0 unspecified atom stereocenters. The molecule has 0 radical (unpaired) electrons. The van der Waals surface area contributed by atoms with E-state index in [1.807, 2.05) is 0 Å². The number of benzene rings is 1. The van der Waals surface area contributed by atoms with Gasteiger partial charge in [-0.05, 0) is 24.6 Å². The van der Waals surface area contributed by atoms with Crippen LogP contribution in [-0.4, -0.2) is 14.9 Å². The topological polar surface area (TPSA) is 81.0 Å². The number of halogens is 3. The van der Waals surface area contributed by atoms with Gasteiger partial charge in [-0.2, -0.15) is 4.98 Å². The van der Waals surface area contributed by atoms with Gasteiger partial charge in [0.2, 0.25) is 11.1 Å². The molecule has 0 aliphatic carbocycles. The van der Waals surface area contributed by atoms with Gasteiger partial charge in [0.15, 0.2) is 0 Å². The second-order valence-corrected chi connectivity index (χ2v) is 4.46. The van der Waals surface area contributed by atoms with Crippen LogP contribution in [0.2, 0.25) is 5.28 Å². The number of nitro groups is 1. The molecule has 21 heavy (non-hydrogen) atoms. The van der Waals surface area contributed by atoms with Gasteiger partial charge in [0, 0.05) is 18.2 Å². The third kappa shape index (κ3) is 3.40.